The Bertz CT molecular complexity index is 397. The third-order valence-electron chi connectivity index (χ3n) is 2.77. The molecule has 3 heteroatoms. The van der Waals surface area contributed by atoms with Gasteiger partial charge in [-0.15, -0.1) is 0 Å². The molecule has 94 valence electrons. The predicted octanol–water partition coefficient (Wildman–Crippen LogP) is 2.92. The molecule has 1 rings (SSSR count). The maximum absolute atomic E-state index is 10.9. The molecule has 0 fully saturated rings. The van der Waals surface area contributed by atoms with Crippen LogP contribution in [0, 0.1) is 6.92 Å². The van der Waals surface area contributed by atoms with Crippen molar-refractivity contribution in [1.29, 1.82) is 0 Å². The summed E-state index contributed by atoms with van der Waals surface area (Å²) in [5.74, 6) is 1.96. The Morgan fingerprint density at radius 2 is 1.82 bits per heavy atom. The Morgan fingerprint density at radius 1 is 1.18 bits per heavy atom. The van der Waals surface area contributed by atoms with E-state index in [4.69, 9.17) is 9.47 Å². The van der Waals surface area contributed by atoms with Gasteiger partial charge in [0, 0.05) is 6.42 Å². The van der Waals surface area contributed by atoms with E-state index in [0.29, 0.717) is 6.42 Å². The normalized spacial score (nSPS) is 10.1. The SMILES string of the molecule is COc1cc(CCCC(C)=O)c(OC)cc1C. The van der Waals surface area contributed by atoms with Crippen molar-refractivity contribution in [2.75, 3.05) is 14.2 Å². The first kappa shape index (κ1) is 13.6. The maximum Gasteiger partial charge on any atom is 0.129 e. The number of aryl methyl sites for hydroxylation is 2. The molecule has 0 amide bonds. The van der Waals surface area contributed by atoms with Crippen LogP contribution in [0.25, 0.3) is 0 Å². The number of ether oxygens (including phenoxy) is 2. The van der Waals surface area contributed by atoms with Gasteiger partial charge in [0.1, 0.15) is 17.3 Å². The minimum atomic E-state index is 0.225. The van der Waals surface area contributed by atoms with E-state index in [1.807, 2.05) is 19.1 Å². The van der Waals surface area contributed by atoms with Crippen molar-refractivity contribution in [3.63, 3.8) is 0 Å². The molecular weight excluding hydrogens is 216 g/mol. The summed E-state index contributed by atoms with van der Waals surface area (Å²) >= 11 is 0. The Kier molecular flexibility index (Phi) is 5.01. The maximum atomic E-state index is 10.9. The van der Waals surface area contributed by atoms with Gasteiger partial charge in [-0.3, -0.25) is 0 Å². The van der Waals surface area contributed by atoms with Crippen LogP contribution in [0.1, 0.15) is 30.9 Å². The topological polar surface area (TPSA) is 35.5 Å². The van der Waals surface area contributed by atoms with Crippen LogP contribution in [0.15, 0.2) is 12.1 Å². The number of carbonyl (C=O) groups is 1. The smallest absolute Gasteiger partial charge is 0.129 e. The molecule has 0 aliphatic carbocycles. The van der Waals surface area contributed by atoms with E-state index in [2.05, 4.69) is 0 Å². The number of hydrogen-bond acceptors (Lipinski definition) is 3. The molecule has 17 heavy (non-hydrogen) atoms. The summed E-state index contributed by atoms with van der Waals surface area (Å²) in [4.78, 5) is 10.9. The van der Waals surface area contributed by atoms with Crippen molar-refractivity contribution in [2.24, 2.45) is 0 Å². The van der Waals surface area contributed by atoms with E-state index in [1.165, 1.54) is 0 Å². The molecule has 0 aromatic heterocycles. The second-order valence-electron chi connectivity index (χ2n) is 4.19. The Labute approximate surface area is 103 Å². The molecule has 0 spiro atoms. The van der Waals surface area contributed by atoms with Crippen LogP contribution in [0.3, 0.4) is 0 Å². The Balaban J connectivity index is 2.84. The zero-order valence-electron chi connectivity index (χ0n) is 11.0. The molecule has 0 heterocycles. The lowest BCUT2D eigenvalue weighted by atomic mass is 10.0. The van der Waals surface area contributed by atoms with E-state index >= 15 is 0 Å². The highest BCUT2D eigenvalue weighted by Gasteiger charge is 2.08. The second kappa shape index (κ2) is 6.28. The van der Waals surface area contributed by atoms with Crippen molar-refractivity contribution in [3.8, 4) is 11.5 Å². The number of Topliss-reactive ketones (excluding diaryl/α,β-unsaturated/α-hetero) is 1. The summed E-state index contributed by atoms with van der Waals surface area (Å²) < 4.78 is 10.6. The summed E-state index contributed by atoms with van der Waals surface area (Å²) in [6.07, 6.45) is 2.29. The molecule has 3 nitrogen and oxygen atoms in total. The lowest BCUT2D eigenvalue weighted by Crippen LogP contribution is -1.98. The lowest BCUT2D eigenvalue weighted by molar-refractivity contribution is -0.117. The van der Waals surface area contributed by atoms with Crippen molar-refractivity contribution >= 4 is 5.78 Å². The number of carbonyl (C=O) groups excluding carboxylic acids is 1. The van der Waals surface area contributed by atoms with E-state index in [0.717, 1.165) is 35.5 Å². The summed E-state index contributed by atoms with van der Waals surface area (Å²) in [5, 5.41) is 0. The van der Waals surface area contributed by atoms with E-state index < -0.39 is 0 Å². The van der Waals surface area contributed by atoms with Gasteiger partial charge in [0.05, 0.1) is 14.2 Å². The van der Waals surface area contributed by atoms with Crippen LogP contribution in [0.2, 0.25) is 0 Å². The minimum Gasteiger partial charge on any atom is -0.496 e. The van der Waals surface area contributed by atoms with Gasteiger partial charge >= 0.3 is 0 Å². The monoisotopic (exact) mass is 236 g/mol. The largest absolute Gasteiger partial charge is 0.496 e. The fraction of sp³-hybridized carbons (Fsp3) is 0.500. The lowest BCUT2D eigenvalue weighted by Gasteiger charge is -2.12. The Hall–Kier alpha value is -1.51. The van der Waals surface area contributed by atoms with Crippen LogP contribution < -0.4 is 9.47 Å². The van der Waals surface area contributed by atoms with Gasteiger partial charge in [0.15, 0.2) is 0 Å². The molecule has 0 bridgehead atoms. The second-order valence-corrected chi connectivity index (χ2v) is 4.19. The predicted molar refractivity (Wildman–Crippen MR) is 67.9 cm³/mol. The minimum absolute atomic E-state index is 0.225. The first-order chi connectivity index (χ1) is 8.08. The van der Waals surface area contributed by atoms with Crippen LogP contribution in [-0.2, 0) is 11.2 Å². The van der Waals surface area contributed by atoms with Gasteiger partial charge in [-0.25, -0.2) is 0 Å². The zero-order valence-corrected chi connectivity index (χ0v) is 11.0. The van der Waals surface area contributed by atoms with E-state index in [1.54, 1.807) is 21.1 Å². The fourth-order valence-electron chi connectivity index (χ4n) is 1.84. The molecule has 0 saturated carbocycles. The molecule has 0 N–H and O–H groups in total. The van der Waals surface area contributed by atoms with Crippen molar-refractivity contribution in [3.05, 3.63) is 23.3 Å². The molecule has 0 saturated heterocycles. The van der Waals surface area contributed by atoms with Crippen LogP contribution in [0.5, 0.6) is 11.5 Å². The fourth-order valence-corrected chi connectivity index (χ4v) is 1.84. The van der Waals surface area contributed by atoms with Crippen LogP contribution in [0.4, 0.5) is 0 Å². The van der Waals surface area contributed by atoms with Crippen LogP contribution >= 0.6 is 0 Å². The quantitative estimate of drug-likeness (QED) is 0.761. The van der Waals surface area contributed by atoms with Gasteiger partial charge in [0.25, 0.3) is 0 Å². The highest BCUT2D eigenvalue weighted by atomic mass is 16.5. The Morgan fingerprint density at radius 3 is 2.35 bits per heavy atom. The van der Waals surface area contributed by atoms with E-state index in [-0.39, 0.29) is 5.78 Å². The van der Waals surface area contributed by atoms with Gasteiger partial charge in [-0.2, -0.15) is 0 Å². The highest BCUT2D eigenvalue weighted by molar-refractivity contribution is 5.75. The third kappa shape index (κ3) is 3.77. The number of methoxy groups -OCH3 is 2. The average molecular weight is 236 g/mol. The van der Waals surface area contributed by atoms with Gasteiger partial charge < -0.3 is 14.3 Å². The van der Waals surface area contributed by atoms with Crippen LogP contribution in [-0.4, -0.2) is 20.0 Å². The molecule has 0 aliphatic rings. The standard InChI is InChI=1S/C14H20O3/c1-10-8-14(17-4)12(9-13(10)16-3)7-5-6-11(2)15/h8-9H,5-7H2,1-4H3. The molecule has 0 aliphatic heterocycles. The molecule has 1 aromatic carbocycles. The first-order valence-electron chi connectivity index (χ1n) is 5.79. The van der Waals surface area contributed by atoms with Gasteiger partial charge in [0.2, 0.25) is 0 Å². The van der Waals surface area contributed by atoms with E-state index in [9.17, 15) is 4.79 Å². The van der Waals surface area contributed by atoms with Gasteiger partial charge in [-0.05, 0) is 49.9 Å². The summed E-state index contributed by atoms with van der Waals surface area (Å²) in [6.45, 7) is 3.60. The number of benzene rings is 1. The van der Waals surface area contributed by atoms with Crippen molar-refractivity contribution in [2.45, 2.75) is 33.1 Å². The summed E-state index contributed by atoms with van der Waals surface area (Å²) in [7, 11) is 3.32. The van der Waals surface area contributed by atoms with Crippen molar-refractivity contribution < 1.29 is 14.3 Å². The molecule has 0 radical (unpaired) electrons. The number of hydrogen-bond donors (Lipinski definition) is 0. The molecule has 1 aromatic rings. The average Bonchev–Trinajstić information content (AvgIpc) is 2.30. The molecule has 0 unspecified atom stereocenters. The summed E-state index contributed by atoms with van der Waals surface area (Å²) in [6, 6.07) is 3.97. The van der Waals surface area contributed by atoms with Crippen molar-refractivity contribution in [1.82, 2.24) is 0 Å². The number of rotatable bonds is 6. The highest BCUT2D eigenvalue weighted by Crippen LogP contribution is 2.29. The number of ketones is 1. The molecule has 0 atom stereocenters. The third-order valence-corrected chi connectivity index (χ3v) is 2.77. The van der Waals surface area contributed by atoms with Gasteiger partial charge in [-0.1, -0.05) is 0 Å². The molecular formula is C14H20O3. The first-order valence-corrected chi connectivity index (χ1v) is 5.79. The summed E-state index contributed by atoms with van der Waals surface area (Å²) in [5.41, 5.74) is 2.15. The zero-order chi connectivity index (χ0) is 12.8.